The molecular formula is C20H15ClFN3O2. The Balaban J connectivity index is 2.23. The average molecular weight is 384 g/mol. The predicted octanol–water partition coefficient (Wildman–Crippen LogP) is 3.49. The number of hydrogen-bond acceptors (Lipinski definition) is 2. The van der Waals surface area contributed by atoms with Gasteiger partial charge in [-0.1, -0.05) is 29.8 Å². The van der Waals surface area contributed by atoms with E-state index in [0.29, 0.717) is 32.9 Å². The molecule has 0 amide bonds. The van der Waals surface area contributed by atoms with Gasteiger partial charge in [0.15, 0.2) is 0 Å². The smallest absolute Gasteiger partial charge is 0.314 e. The Morgan fingerprint density at radius 2 is 1.59 bits per heavy atom. The summed E-state index contributed by atoms with van der Waals surface area (Å²) >= 11 is 6.41. The molecule has 0 radical (unpaired) electrons. The molecule has 0 bridgehead atoms. The van der Waals surface area contributed by atoms with E-state index in [9.17, 15) is 14.0 Å². The van der Waals surface area contributed by atoms with Crippen molar-refractivity contribution < 1.29 is 4.39 Å². The number of halogens is 2. The Bertz CT molecular complexity index is 1300. The van der Waals surface area contributed by atoms with E-state index >= 15 is 0 Å². The molecule has 2 heterocycles. The standard InChI is InChI=1S/C20H15ClFN3O2/c1-23-16-11-25(13-9-7-12(22)8-10-13)18(14-5-3-4-6-15(14)21)17(16)19(26)24(2)20(23)27/h3-11H,1-2H3. The molecule has 0 aliphatic heterocycles. The summed E-state index contributed by atoms with van der Waals surface area (Å²) in [5.41, 5.74) is 1.49. The number of aromatic nitrogens is 3. The lowest BCUT2D eigenvalue weighted by Gasteiger charge is -2.11. The summed E-state index contributed by atoms with van der Waals surface area (Å²) in [6.45, 7) is 0. The van der Waals surface area contributed by atoms with Crippen molar-refractivity contribution in [1.29, 1.82) is 0 Å². The normalized spacial score (nSPS) is 11.3. The molecule has 0 fully saturated rings. The minimum absolute atomic E-state index is 0.363. The van der Waals surface area contributed by atoms with Gasteiger partial charge < -0.3 is 4.57 Å². The van der Waals surface area contributed by atoms with Gasteiger partial charge in [-0.15, -0.1) is 0 Å². The quantitative estimate of drug-likeness (QED) is 0.532. The van der Waals surface area contributed by atoms with E-state index < -0.39 is 11.2 Å². The third-order valence-electron chi connectivity index (χ3n) is 4.67. The summed E-state index contributed by atoms with van der Waals surface area (Å²) in [4.78, 5) is 25.3. The highest BCUT2D eigenvalue weighted by atomic mass is 35.5. The van der Waals surface area contributed by atoms with E-state index in [1.54, 1.807) is 42.1 Å². The van der Waals surface area contributed by atoms with Crippen LogP contribution >= 0.6 is 11.6 Å². The van der Waals surface area contributed by atoms with Crippen molar-refractivity contribution in [3.8, 4) is 16.9 Å². The number of hydrogen-bond donors (Lipinski definition) is 0. The lowest BCUT2D eigenvalue weighted by Crippen LogP contribution is -2.36. The molecule has 4 rings (SSSR count). The van der Waals surface area contributed by atoms with Crippen molar-refractivity contribution in [3.05, 3.63) is 86.4 Å². The Morgan fingerprint density at radius 1 is 0.926 bits per heavy atom. The molecule has 7 heteroatoms. The molecule has 2 aromatic carbocycles. The largest absolute Gasteiger partial charge is 0.330 e. The molecule has 136 valence electrons. The molecule has 0 spiro atoms. The predicted molar refractivity (Wildman–Crippen MR) is 104 cm³/mol. The second kappa shape index (κ2) is 6.25. The zero-order chi connectivity index (χ0) is 19.3. The van der Waals surface area contributed by atoms with Crippen molar-refractivity contribution in [1.82, 2.24) is 13.7 Å². The van der Waals surface area contributed by atoms with Gasteiger partial charge >= 0.3 is 5.69 Å². The van der Waals surface area contributed by atoms with Crippen molar-refractivity contribution in [2.75, 3.05) is 0 Å². The average Bonchev–Trinajstić information content (AvgIpc) is 3.06. The van der Waals surface area contributed by atoms with Gasteiger partial charge in [-0.25, -0.2) is 9.18 Å². The second-order valence-corrected chi connectivity index (χ2v) is 6.68. The molecule has 0 atom stereocenters. The van der Waals surface area contributed by atoms with Crippen LogP contribution in [-0.4, -0.2) is 13.7 Å². The minimum Gasteiger partial charge on any atom is -0.314 e. The van der Waals surface area contributed by atoms with Crippen LogP contribution in [0.15, 0.2) is 64.3 Å². The van der Waals surface area contributed by atoms with Crippen LogP contribution in [0.4, 0.5) is 4.39 Å². The molecule has 2 aromatic heterocycles. The van der Waals surface area contributed by atoms with Crippen LogP contribution in [0, 0.1) is 5.82 Å². The van der Waals surface area contributed by atoms with Gasteiger partial charge in [0.2, 0.25) is 0 Å². The molecule has 0 aliphatic carbocycles. The van der Waals surface area contributed by atoms with Crippen molar-refractivity contribution >= 4 is 22.5 Å². The Hall–Kier alpha value is -3.12. The van der Waals surface area contributed by atoms with Crippen LogP contribution in [0.3, 0.4) is 0 Å². The first-order valence-electron chi connectivity index (χ1n) is 8.22. The Kier molecular flexibility index (Phi) is 4.00. The third-order valence-corrected chi connectivity index (χ3v) is 5.00. The van der Waals surface area contributed by atoms with E-state index in [4.69, 9.17) is 11.6 Å². The van der Waals surface area contributed by atoms with Gasteiger partial charge in [-0.2, -0.15) is 0 Å². The maximum absolute atomic E-state index is 13.4. The van der Waals surface area contributed by atoms with Gasteiger partial charge in [0, 0.05) is 36.6 Å². The SMILES string of the molecule is Cn1c(=O)c2c(-c3ccccc3Cl)n(-c3ccc(F)cc3)cc2n(C)c1=O. The van der Waals surface area contributed by atoms with Gasteiger partial charge in [0.1, 0.15) is 5.82 Å². The van der Waals surface area contributed by atoms with E-state index in [0.717, 1.165) is 4.57 Å². The van der Waals surface area contributed by atoms with E-state index in [1.807, 2.05) is 12.1 Å². The number of aryl methyl sites for hydroxylation is 1. The lowest BCUT2D eigenvalue weighted by molar-refractivity contribution is 0.627. The highest BCUT2D eigenvalue weighted by Gasteiger charge is 2.21. The number of nitrogens with zero attached hydrogens (tertiary/aromatic N) is 3. The van der Waals surface area contributed by atoms with Crippen LogP contribution in [0.5, 0.6) is 0 Å². The van der Waals surface area contributed by atoms with Gasteiger partial charge in [0.05, 0.1) is 16.6 Å². The van der Waals surface area contributed by atoms with E-state index in [1.165, 1.54) is 23.7 Å². The summed E-state index contributed by atoms with van der Waals surface area (Å²) in [7, 11) is 3.05. The fourth-order valence-corrected chi connectivity index (χ4v) is 3.49. The summed E-state index contributed by atoms with van der Waals surface area (Å²) < 4.78 is 17.6. The van der Waals surface area contributed by atoms with Crippen LogP contribution in [0.2, 0.25) is 5.02 Å². The zero-order valence-corrected chi connectivity index (χ0v) is 15.4. The third kappa shape index (κ3) is 2.61. The highest BCUT2D eigenvalue weighted by molar-refractivity contribution is 6.33. The second-order valence-electron chi connectivity index (χ2n) is 6.27. The molecular weight excluding hydrogens is 369 g/mol. The fraction of sp³-hybridized carbons (Fsp3) is 0.100. The van der Waals surface area contributed by atoms with Crippen molar-refractivity contribution in [3.63, 3.8) is 0 Å². The van der Waals surface area contributed by atoms with Crippen LogP contribution < -0.4 is 11.2 Å². The molecule has 0 aliphatic rings. The van der Waals surface area contributed by atoms with Crippen molar-refractivity contribution in [2.45, 2.75) is 0 Å². The van der Waals surface area contributed by atoms with Crippen molar-refractivity contribution in [2.24, 2.45) is 14.1 Å². The topological polar surface area (TPSA) is 48.9 Å². The summed E-state index contributed by atoms with van der Waals surface area (Å²) in [5.74, 6) is -0.363. The summed E-state index contributed by atoms with van der Waals surface area (Å²) in [6.07, 6.45) is 1.70. The molecule has 4 aromatic rings. The van der Waals surface area contributed by atoms with Crippen LogP contribution in [0.25, 0.3) is 27.8 Å². The monoisotopic (exact) mass is 383 g/mol. The maximum atomic E-state index is 13.4. The molecule has 0 N–H and O–H groups in total. The molecule has 0 saturated heterocycles. The maximum Gasteiger partial charge on any atom is 0.330 e. The lowest BCUT2D eigenvalue weighted by atomic mass is 10.1. The van der Waals surface area contributed by atoms with Gasteiger partial charge in [-0.3, -0.25) is 13.9 Å². The summed E-state index contributed by atoms with van der Waals surface area (Å²) in [6, 6.07) is 13.1. The number of benzene rings is 2. The van der Waals surface area contributed by atoms with E-state index in [-0.39, 0.29) is 5.82 Å². The van der Waals surface area contributed by atoms with Gasteiger partial charge in [-0.05, 0) is 30.3 Å². The van der Waals surface area contributed by atoms with E-state index in [2.05, 4.69) is 0 Å². The summed E-state index contributed by atoms with van der Waals surface area (Å²) in [5, 5.41) is 0.841. The van der Waals surface area contributed by atoms with Crippen LogP contribution in [0.1, 0.15) is 0 Å². The zero-order valence-electron chi connectivity index (χ0n) is 14.6. The van der Waals surface area contributed by atoms with Crippen LogP contribution in [-0.2, 0) is 14.1 Å². The first-order valence-corrected chi connectivity index (χ1v) is 8.60. The minimum atomic E-state index is -0.422. The fourth-order valence-electron chi connectivity index (χ4n) is 3.26. The Morgan fingerprint density at radius 3 is 2.26 bits per heavy atom. The molecule has 0 saturated carbocycles. The first-order chi connectivity index (χ1) is 12.9. The highest BCUT2D eigenvalue weighted by Crippen LogP contribution is 2.34. The number of rotatable bonds is 2. The number of fused-ring (bicyclic) bond motifs is 1. The molecule has 27 heavy (non-hydrogen) atoms. The Labute approximate surface area is 158 Å². The van der Waals surface area contributed by atoms with Gasteiger partial charge in [0.25, 0.3) is 5.56 Å². The first kappa shape index (κ1) is 17.3. The molecule has 0 unspecified atom stereocenters. The molecule has 5 nitrogen and oxygen atoms in total.